The lowest BCUT2D eigenvalue weighted by Crippen LogP contribution is -2.39. The Morgan fingerprint density at radius 1 is 1.53 bits per heavy atom. The third kappa shape index (κ3) is 3.41. The molecular formula is C11H16N2OS. The molecule has 1 aromatic rings. The fraction of sp³-hybridized carbons (Fsp3) is 0.455. The summed E-state index contributed by atoms with van der Waals surface area (Å²) in [4.78, 5) is 1.21. The molecule has 15 heavy (non-hydrogen) atoms. The summed E-state index contributed by atoms with van der Waals surface area (Å²) in [5, 5.41) is 3.32. The maximum Gasteiger partial charge on any atom is 0.0793 e. The van der Waals surface area contributed by atoms with Crippen LogP contribution in [0.15, 0.2) is 29.2 Å². The normalized spacial score (nSPS) is 21.5. The van der Waals surface area contributed by atoms with E-state index < -0.39 is 0 Å². The first kappa shape index (κ1) is 10.8. The minimum absolute atomic E-state index is 0.324. The van der Waals surface area contributed by atoms with Gasteiger partial charge in [0, 0.05) is 29.4 Å². The van der Waals surface area contributed by atoms with E-state index in [1.54, 1.807) is 11.8 Å². The van der Waals surface area contributed by atoms with Gasteiger partial charge in [-0.15, -0.1) is 11.8 Å². The number of nitrogen functional groups attached to an aromatic ring is 1. The molecule has 1 aliphatic rings. The van der Waals surface area contributed by atoms with E-state index in [0.29, 0.717) is 6.10 Å². The predicted molar refractivity (Wildman–Crippen MR) is 64.2 cm³/mol. The summed E-state index contributed by atoms with van der Waals surface area (Å²) >= 11 is 1.80. The fourth-order valence-corrected chi connectivity index (χ4v) is 2.51. The van der Waals surface area contributed by atoms with E-state index in [1.165, 1.54) is 4.90 Å². The average molecular weight is 224 g/mol. The Labute approximate surface area is 94.4 Å². The molecule has 1 heterocycles. The van der Waals surface area contributed by atoms with Crippen molar-refractivity contribution in [2.24, 2.45) is 0 Å². The first-order valence-corrected chi connectivity index (χ1v) is 6.14. The second-order valence-corrected chi connectivity index (χ2v) is 4.67. The summed E-state index contributed by atoms with van der Waals surface area (Å²) < 4.78 is 5.62. The van der Waals surface area contributed by atoms with E-state index >= 15 is 0 Å². The van der Waals surface area contributed by atoms with Crippen LogP contribution in [0.25, 0.3) is 0 Å². The lowest BCUT2D eigenvalue weighted by atomic mass is 10.3. The summed E-state index contributed by atoms with van der Waals surface area (Å²) in [7, 11) is 0. The number of anilines is 1. The molecule has 1 saturated heterocycles. The van der Waals surface area contributed by atoms with Crippen LogP contribution in [0.4, 0.5) is 5.69 Å². The third-order valence-electron chi connectivity index (χ3n) is 2.30. The van der Waals surface area contributed by atoms with Crippen LogP contribution in [0.3, 0.4) is 0 Å². The number of hydrogen-bond acceptors (Lipinski definition) is 4. The molecule has 0 amide bonds. The van der Waals surface area contributed by atoms with Crippen molar-refractivity contribution >= 4 is 17.4 Å². The highest BCUT2D eigenvalue weighted by Gasteiger charge is 2.13. The van der Waals surface area contributed by atoms with Crippen molar-refractivity contribution in [2.45, 2.75) is 11.0 Å². The summed E-state index contributed by atoms with van der Waals surface area (Å²) in [5.41, 5.74) is 6.53. The van der Waals surface area contributed by atoms with Gasteiger partial charge in [-0.3, -0.25) is 0 Å². The molecule has 0 saturated carbocycles. The largest absolute Gasteiger partial charge is 0.399 e. The zero-order valence-electron chi connectivity index (χ0n) is 8.61. The quantitative estimate of drug-likeness (QED) is 0.601. The maximum atomic E-state index is 5.71. The molecule has 1 atom stereocenters. The predicted octanol–water partition coefficient (Wildman–Crippen LogP) is 1.35. The molecule has 0 radical (unpaired) electrons. The van der Waals surface area contributed by atoms with E-state index in [2.05, 4.69) is 11.4 Å². The van der Waals surface area contributed by atoms with Gasteiger partial charge in [-0.25, -0.2) is 0 Å². The van der Waals surface area contributed by atoms with Crippen LogP contribution < -0.4 is 11.1 Å². The number of benzene rings is 1. The molecule has 1 fully saturated rings. The second-order valence-electron chi connectivity index (χ2n) is 3.58. The maximum absolute atomic E-state index is 5.71. The van der Waals surface area contributed by atoms with Gasteiger partial charge in [0.2, 0.25) is 0 Å². The Balaban J connectivity index is 1.81. The highest BCUT2D eigenvalue weighted by molar-refractivity contribution is 7.99. The van der Waals surface area contributed by atoms with Crippen LogP contribution in [0.2, 0.25) is 0 Å². The van der Waals surface area contributed by atoms with E-state index in [4.69, 9.17) is 10.5 Å². The van der Waals surface area contributed by atoms with E-state index in [1.807, 2.05) is 18.2 Å². The number of morpholine rings is 1. The van der Waals surface area contributed by atoms with Gasteiger partial charge in [0.05, 0.1) is 12.7 Å². The molecule has 0 bridgehead atoms. The number of rotatable bonds is 3. The van der Waals surface area contributed by atoms with Gasteiger partial charge < -0.3 is 15.8 Å². The Morgan fingerprint density at radius 2 is 2.47 bits per heavy atom. The van der Waals surface area contributed by atoms with Gasteiger partial charge in [0.15, 0.2) is 0 Å². The first-order chi connectivity index (χ1) is 7.34. The molecule has 0 aliphatic carbocycles. The Kier molecular flexibility index (Phi) is 3.88. The average Bonchev–Trinajstić information content (AvgIpc) is 2.28. The molecule has 1 aliphatic heterocycles. The highest BCUT2D eigenvalue weighted by Crippen LogP contribution is 2.21. The topological polar surface area (TPSA) is 47.3 Å². The number of nitrogens with two attached hydrogens (primary N) is 1. The Hall–Kier alpha value is -0.710. The zero-order valence-corrected chi connectivity index (χ0v) is 9.43. The van der Waals surface area contributed by atoms with Crippen molar-refractivity contribution in [3.63, 3.8) is 0 Å². The molecule has 1 unspecified atom stereocenters. The molecule has 3 nitrogen and oxygen atoms in total. The van der Waals surface area contributed by atoms with Crippen LogP contribution >= 0.6 is 11.8 Å². The van der Waals surface area contributed by atoms with E-state index in [-0.39, 0.29) is 0 Å². The summed E-state index contributed by atoms with van der Waals surface area (Å²) in [6.07, 6.45) is 0.324. The minimum atomic E-state index is 0.324. The van der Waals surface area contributed by atoms with Crippen molar-refractivity contribution < 1.29 is 4.74 Å². The van der Waals surface area contributed by atoms with Crippen molar-refractivity contribution in [1.82, 2.24) is 5.32 Å². The van der Waals surface area contributed by atoms with Gasteiger partial charge in [-0.1, -0.05) is 6.07 Å². The number of hydrogen-bond donors (Lipinski definition) is 2. The third-order valence-corrected chi connectivity index (χ3v) is 3.42. The molecule has 82 valence electrons. The van der Waals surface area contributed by atoms with Crippen molar-refractivity contribution in [3.8, 4) is 0 Å². The lowest BCUT2D eigenvalue weighted by Gasteiger charge is -2.23. The lowest BCUT2D eigenvalue weighted by molar-refractivity contribution is 0.0441. The monoisotopic (exact) mass is 224 g/mol. The molecule has 3 N–H and O–H groups in total. The second kappa shape index (κ2) is 5.39. The van der Waals surface area contributed by atoms with Crippen LogP contribution in [0.1, 0.15) is 0 Å². The van der Waals surface area contributed by atoms with Gasteiger partial charge >= 0.3 is 0 Å². The molecule has 2 rings (SSSR count). The summed E-state index contributed by atoms with van der Waals surface area (Å²) in [6, 6.07) is 7.97. The van der Waals surface area contributed by atoms with Crippen molar-refractivity contribution in [3.05, 3.63) is 24.3 Å². The van der Waals surface area contributed by atoms with Crippen LogP contribution in [-0.4, -0.2) is 31.6 Å². The van der Waals surface area contributed by atoms with Gasteiger partial charge in [0.25, 0.3) is 0 Å². The number of thioether (sulfide) groups is 1. The molecule has 0 aromatic heterocycles. The highest BCUT2D eigenvalue weighted by atomic mass is 32.2. The summed E-state index contributed by atoms with van der Waals surface area (Å²) in [6.45, 7) is 2.75. The van der Waals surface area contributed by atoms with Crippen LogP contribution in [-0.2, 0) is 4.74 Å². The van der Waals surface area contributed by atoms with Crippen molar-refractivity contribution in [2.75, 3.05) is 31.2 Å². The van der Waals surface area contributed by atoms with Gasteiger partial charge in [-0.2, -0.15) is 0 Å². The summed E-state index contributed by atoms with van der Waals surface area (Å²) in [5.74, 6) is 0.983. The van der Waals surface area contributed by atoms with Crippen LogP contribution in [0.5, 0.6) is 0 Å². The van der Waals surface area contributed by atoms with Crippen molar-refractivity contribution in [1.29, 1.82) is 0 Å². The number of ether oxygens (including phenoxy) is 1. The standard InChI is InChI=1S/C11H16N2OS/c12-9-2-1-3-11(6-9)15-8-10-7-13-4-5-14-10/h1-3,6,10,13H,4-5,7-8,12H2. The zero-order chi connectivity index (χ0) is 10.5. The van der Waals surface area contributed by atoms with Crippen LogP contribution in [0, 0.1) is 0 Å². The molecular weight excluding hydrogens is 208 g/mol. The Bertz CT molecular complexity index is 313. The molecule has 0 spiro atoms. The minimum Gasteiger partial charge on any atom is -0.399 e. The SMILES string of the molecule is Nc1cccc(SCC2CNCCO2)c1. The van der Waals surface area contributed by atoms with Gasteiger partial charge in [0.1, 0.15) is 0 Å². The fourth-order valence-electron chi connectivity index (χ4n) is 1.52. The van der Waals surface area contributed by atoms with E-state index in [9.17, 15) is 0 Å². The first-order valence-electron chi connectivity index (χ1n) is 5.15. The van der Waals surface area contributed by atoms with Gasteiger partial charge in [-0.05, 0) is 18.2 Å². The molecule has 4 heteroatoms. The smallest absolute Gasteiger partial charge is 0.0793 e. The molecule has 1 aromatic carbocycles. The number of nitrogens with one attached hydrogen (secondary N) is 1. The Morgan fingerprint density at radius 3 is 3.20 bits per heavy atom. The van der Waals surface area contributed by atoms with E-state index in [0.717, 1.165) is 31.1 Å².